The van der Waals surface area contributed by atoms with Crippen LogP contribution in [0.5, 0.6) is 0 Å². The average Bonchev–Trinajstić information content (AvgIpc) is 2.91. The number of thiophene rings is 1. The van der Waals surface area contributed by atoms with E-state index in [9.17, 15) is 4.79 Å². The van der Waals surface area contributed by atoms with Crippen LogP contribution in [0.3, 0.4) is 0 Å². The Bertz CT molecular complexity index is 757. The number of carbonyl (C=O) groups is 1. The Kier molecular flexibility index (Phi) is 5.01. The van der Waals surface area contributed by atoms with Gasteiger partial charge in [-0.15, -0.1) is 11.3 Å². The van der Waals surface area contributed by atoms with Crippen molar-refractivity contribution in [1.29, 1.82) is 0 Å². The highest BCUT2D eigenvalue weighted by atomic mass is 35.5. The molecule has 0 unspecified atom stereocenters. The summed E-state index contributed by atoms with van der Waals surface area (Å²) >= 11 is 13.0. The first kappa shape index (κ1) is 16.4. The van der Waals surface area contributed by atoms with E-state index in [2.05, 4.69) is 10.2 Å². The predicted octanol–water partition coefficient (Wildman–Crippen LogP) is 3.37. The third kappa shape index (κ3) is 3.42. The van der Waals surface area contributed by atoms with E-state index in [0.29, 0.717) is 28.2 Å². The molecule has 1 saturated heterocycles. The van der Waals surface area contributed by atoms with Gasteiger partial charge >= 0.3 is 5.97 Å². The summed E-state index contributed by atoms with van der Waals surface area (Å²) < 4.78 is 11.0. The fraction of sp³-hybridized carbons (Fsp3) is 0.333. The maximum Gasteiger partial charge on any atom is 0.349 e. The minimum absolute atomic E-state index is 0.414. The van der Waals surface area contributed by atoms with E-state index in [1.807, 2.05) is 18.2 Å². The number of nitrogens with one attached hydrogen (secondary N) is 1. The molecule has 1 aliphatic rings. The van der Waals surface area contributed by atoms with Gasteiger partial charge < -0.3 is 19.7 Å². The Morgan fingerprint density at radius 3 is 2.87 bits per heavy atom. The molecule has 0 atom stereocenters. The number of carbonyl (C=O) groups excluding carboxylic acids is 1. The zero-order valence-corrected chi connectivity index (χ0v) is 14.8. The molecule has 5 nitrogen and oxygen atoms in total. The van der Waals surface area contributed by atoms with Crippen molar-refractivity contribution < 1.29 is 14.3 Å². The molecular formula is C15H15ClN2O3S2. The highest BCUT2D eigenvalue weighted by Gasteiger charge is 2.18. The normalized spacial score (nSPS) is 14.8. The number of anilines is 1. The molecule has 3 rings (SSSR count). The lowest BCUT2D eigenvalue weighted by Crippen LogP contribution is -2.42. The van der Waals surface area contributed by atoms with Crippen molar-refractivity contribution >= 4 is 62.0 Å². The minimum Gasteiger partial charge on any atom is -0.465 e. The predicted molar refractivity (Wildman–Crippen MR) is 96.8 cm³/mol. The molecule has 23 heavy (non-hydrogen) atoms. The molecule has 122 valence electrons. The first-order valence-electron chi connectivity index (χ1n) is 7.04. The Morgan fingerprint density at radius 1 is 1.43 bits per heavy atom. The van der Waals surface area contributed by atoms with Gasteiger partial charge in [0, 0.05) is 28.9 Å². The second kappa shape index (κ2) is 7.00. The Balaban J connectivity index is 1.82. The highest BCUT2D eigenvalue weighted by Crippen LogP contribution is 2.37. The van der Waals surface area contributed by atoms with Gasteiger partial charge in [0.1, 0.15) is 4.88 Å². The number of thiocarbonyl (C=S) groups is 1. The Hall–Kier alpha value is -1.41. The lowest BCUT2D eigenvalue weighted by molar-refractivity contribution is 0.0606. The van der Waals surface area contributed by atoms with Gasteiger partial charge in [-0.25, -0.2) is 4.79 Å². The number of esters is 1. The standard InChI is InChI=1S/C15H15ClN2O3S2/c1-20-14(19)13-12(16)10-3-2-9(8-11(10)23-13)17-15(22)18-4-6-21-7-5-18/h2-3,8H,4-7H2,1H3,(H,17,22). The molecule has 0 aliphatic carbocycles. The first-order valence-corrected chi connectivity index (χ1v) is 8.64. The zero-order chi connectivity index (χ0) is 16.4. The zero-order valence-electron chi connectivity index (χ0n) is 12.4. The summed E-state index contributed by atoms with van der Waals surface area (Å²) in [5, 5.41) is 5.16. The van der Waals surface area contributed by atoms with Gasteiger partial charge in [0.05, 0.1) is 25.3 Å². The van der Waals surface area contributed by atoms with Gasteiger partial charge in [0.2, 0.25) is 0 Å². The number of benzene rings is 1. The number of hydrogen-bond acceptors (Lipinski definition) is 5. The number of rotatable bonds is 2. The number of nitrogens with zero attached hydrogens (tertiary/aromatic N) is 1. The summed E-state index contributed by atoms with van der Waals surface area (Å²) in [6, 6.07) is 5.71. The van der Waals surface area contributed by atoms with Crippen LogP contribution in [0.15, 0.2) is 18.2 Å². The molecule has 1 aromatic heterocycles. The van der Waals surface area contributed by atoms with Crippen molar-refractivity contribution in [2.45, 2.75) is 0 Å². The van der Waals surface area contributed by atoms with Crippen LogP contribution in [0.25, 0.3) is 10.1 Å². The molecule has 2 aromatic rings. The highest BCUT2D eigenvalue weighted by molar-refractivity contribution is 7.80. The largest absolute Gasteiger partial charge is 0.465 e. The number of methoxy groups -OCH3 is 1. The van der Waals surface area contributed by atoms with Gasteiger partial charge in [-0.3, -0.25) is 0 Å². The monoisotopic (exact) mass is 370 g/mol. The van der Waals surface area contributed by atoms with Crippen LogP contribution in [0, 0.1) is 0 Å². The molecule has 1 aliphatic heterocycles. The first-order chi connectivity index (χ1) is 11.1. The second-order valence-electron chi connectivity index (χ2n) is 4.98. The maximum atomic E-state index is 11.7. The smallest absolute Gasteiger partial charge is 0.349 e. The maximum absolute atomic E-state index is 11.7. The minimum atomic E-state index is -0.422. The lowest BCUT2D eigenvalue weighted by Gasteiger charge is -2.29. The molecule has 0 amide bonds. The Morgan fingerprint density at radius 2 is 2.17 bits per heavy atom. The topological polar surface area (TPSA) is 50.8 Å². The molecule has 1 aromatic carbocycles. The second-order valence-corrected chi connectivity index (χ2v) is 6.79. The molecular weight excluding hydrogens is 356 g/mol. The fourth-order valence-corrected chi connectivity index (χ4v) is 4.10. The molecule has 0 spiro atoms. The molecule has 0 radical (unpaired) electrons. The molecule has 2 heterocycles. The van der Waals surface area contributed by atoms with E-state index in [4.69, 9.17) is 33.3 Å². The van der Waals surface area contributed by atoms with Gasteiger partial charge in [-0.2, -0.15) is 0 Å². The molecule has 0 saturated carbocycles. The number of morpholine rings is 1. The number of fused-ring (bicyclic) bond motifs is 1. The van der Waals surface area contributed by atoms with Gasteiger partial charge in [0.15, 0.2) is 5.11 Å². The summed E-state index contributed by atoms with van der Waals surface area (Å²) in [6.45, 7) is 2.94. The van der Waals surface area contributed by atoms with Crippen LogP contribution in [-0.2, 0) is 9.47 Å². The fourth-order valence-electron chi connectivity index (χ4n) is 2.34. The van der Waals surface area contributed by atoms with E-state index in [1.165, 1.54) is 18.4 Å². The van der Waals surface area contributed by atoms with E-state index in [-0.39, 0.29) is 0 Å². The van der Waals surface area contributed by atoms with Crippen LogP contribution in [-0.4, -0.2) is 49.4 Å². The van der Waals surface area contributed by atoms with E-state index >= 15 is 0 Å². The average molecular weight is 371 g/mol. The van der Waals surface area contributed by atoms with Crippen LogP contribution in [0.4, 0.5) is 5.69 Å². The van der Waals surface area contributed by atoms with Crippen LogP contribution < -0.4 is 5.32 Å². The summed E-state index contributed by atoms with van der Waals surface area (Å²) in [7, 11) is 1.34. The van der Waals surface area contributed by atoms with Crippen molar-refractivity contribution in [3.63, 3.8) is 0 Å². The van der Waals surface area contributed by atoms with Gasteiger partial charge in [-0.05, 0) is 30.4 Å². The number of hydrogen-bond donors (Lipinski definition) is 1. The summed E-state index contributed by atoms with van der Waals surface area (Å²) in [5.41, 5.74) is 0.864. The van der Waals surface area contributed by atoms with E-state index < -0.39 is 5.97 Å². The molecule has 1 fully saturated rings. The summed E-state index contributed by atoms with van der Waals surface area (Å²) in [4.78, 5) is 14.2. The Labute approximate surface area is 148 Å². The third-order valence-corrected chi connectivity index (χ3v) is 5.55. The van der Waals surface area contributed by atoms with Crippen LogP contribution in [0.2, 0.25) is 5.02 Å². The number of ether oxygens (including phenoxy) is 2. The van der Waals surface area contributed by atoms with E-state index in [0.717, 1.165) is 28.9 Å². The third-order valence-electron chi connectivity index (χ3n) is 3.55. The number of halogens is 1. The summed E-state index contributed by atoms with van der Waals surface area (Å²) in [6.07, 6.45) is 0. The quantitative estimate of drug-likeness (QED) is 0.646. The van der Waals surface area contributed by atoms with Crippen LogP contribution >= 0.6 is 35.2 Å². The van der Waals surface area contributed by atoms with E-state index in [1.54, 1.807) is 0 Å². The van der Waals surface area contributed by atoms with Crippen molar-refractivity contribution in [1.82, 2.24) is 4.90 Å². The molecule has 8 heteroatoms. The van der Waals surface area contributed by atoms with Gasteiger partial charge in [0.25, 0.3) is 0 Å². The molecule has 0 bridgehead atoms. The van der Waals surface area contributed by atoms with Crippen molar-refractivity contribution in [2.24, 2.45) is 0 Å². The summed E-state index contributed by atoms with van der Waals surface area (Å²) in [5.74, 6) is -0.422. The lowest BCUT2D eigenvalue weighted by atomic mass is 10.2. The molecule has 1 N–H and O–H groups in total. The van der Waals surface area contributed by atoms with Crippen molar-refractivity contribution in [3.8, 4) is 0 Å². The van der Waals surface area contributed by atoms with Gasteiger partial charge in [-0.1, -0.05) is 11.6 Å². The van der Waals surface area contributed by atoms with Crippen molar-refractivity contribution in [3.05, 3.63) is 28.1 Å². The van der Waals surface area contributed by atoms with Crippen LogP contribution in [0.1, 0.15) is 9.67 Å². The van der Waals surface area contributed by atoms with Crippen molar-refractivity contribution in [2.75, 3.05) is 38.7 Å². The SMILES string of the molecule is COC(=O)c1sc2cc(NC(=S)N3CCOCC3)ccc2c1Cl.